The molecule has 0 fully saturated rings. The van der Waals surface area contributed by atoms with E-state index in [2.05, 4.69) is 10.3 Å². The van der Waals surface area contributed by atoms with E-state index >= 15 is 0 Å². The average Bonchev–Trinajstić information content (AvgIpc) is 3.20. The van der Waals surface area contributed by atoms with Crippen molar-refractivity contribution in [1.29, 1.82) is 0 Å². The van der Waals surface area contributed by atoms with Crippen molar-refractivity contribution in [3.05, 3.63) is 59.6 Å². The molecule has 1 N–H and O–H groups in total. The van der Waals surface area contributed by atoms with E-state index in [1.807, 2.05) is 60.8 Å². The molecule has 0 saturated carbocycles. The van der Waals surface area contributed by atoms with E-state index in [0.29, 0.717) is 19.8 Å². The first-order chi connectivity index (χ1) is 14.2. The van der Waals surface area contributed by atoms with Crippen LogP contribution in [0.1, 0.15) is 12.6 Å². The zero-order chi connectivity index (χ0) is 20.5. The van der Waals surface area contributed by atoms with E-state index in [4.69, 9.17) is 14.2 Å². The van der Waals surface area contributed by atoms with Gasteiger partial charge in [0.2, 0.25) is 5.91 Å². The summed E-state index contributed by atoms with van der Waals surface area (Å²) in [6.07, 6.45) is 0.232. The van der Waals surface area contributed by atoms with Gasteiger partial charge in [0, 0.05) is 5.38 Å². The molecule has 2 aromatic carbocycles. The van der Waals surface area contributed by atoms with E-state index in [0.717, 1.165) is 33.5 Å². The molecule has 3 rings (SSSR count). The number of amides is 1. The number of benzene rings is 2. The predicted molar refractivity (Wildman–Crippen MR) is 114 cm³/mol. The van der Waals surface area contributed by atoms with Crippen molar-refractivity contribution in [1.82, 2.24) is 10.3 Å². The van der Waals surface area contributed by atoms with E-state index in [1.165, 1.54) is 11.3 Å². The van der Waals surface area contributed by atoms with Crippen LogP contribution in [0.2, 0.25) is 0 Å². The van der Waals surface area contributed by atoms with Gasteiger partial charge in [-0.3, -0.25) is 4.79 Å². The Bertz CT molecular complexity index is 925. The molecule has 0 aliphatic heterocycles. The van der Waals surface area contributed by atoms with Gasteiger partial charge in [-0.05, 0) is 43.3 Å². The van der Waals surface area contributed by atoms with Gasteiger partial charge in [0.05, 0.1) is 37.9 Å². The van der Waals surface area contributed by atoms with Gasteiger partial charge in [-0.15, -0.1) is 11.3 Å². The van der Waals surface area contributed by atoms with Gasteiger partial charge in [-0.1, -0.05) is 12.1 Å². The van der Waals surface area contributed by atoms with Crippen molar-refractivity contribution in [3.63, 3.8) is 0 Å². The molecule has 0 atom stereocenters. The molecular weight excluding hydrogens is 388 g/mol. The Morgan fingerprint density at radius 2 is 1.83 bits per heavy atom. The van der Waals surface area contributed by atoms with Crippen LogP contribution in [-0.4, -0.2) is 37.8 Å². The second-order valence-electron chi connectivity index (χ2n) is 6.12. The molecule has 7 heteroatoms. The molecule has 0 spiro atoms. The lowest BCUT2D eigenvalue weighted by molar-refractivity contribution is -0.120. The number of aromatic nitrogens is 1. The monoisotopic (exact) mass is 412 g/mol. The summed E-state index contributed by atoms with van der Waals surface area (Å²) in [5.41, 5.74) is 1.68. The quantitative estimate of drug-likeness (QED) is 0.511. The molecule has 1 amide bonds. The minimum Gasteiger partial charge on any atom is -0.497 e. The maximum Gasteiger partial charge on any atom is 0.226 e. The first kappa shape index (κ1) is 20.7. The summed E-state index contributed by atoms with van der Waals surface area (Å²) >= 11 is 1.51. The molecule has 0 radical (unpaired) electrons. The fourth-order valence-electron chi connectivity index (χ4n) is 2.69. The van der Waals surface area contributed by atoms with Crippen LogP contribution in [0.3, 0.4) is 0 Å². The number of hydrogen-bond acceptors (Lipinski definition) is 6. The molecule has 0 bridgehead atoms. The standard InChI is InChI=1S/C22H24N2O4S/c1-3-27-20-7-5-4-6-19(20)22-24-16(15-29-22)14-21(25)23-12-13-28-18-10-8-17(26-2)9-11-18/h4-11,15H,3,12-14H2,1-2H3,(H,23,25). The molecule has 3 aromatic rings. The van der Waals surface area contributed by atoms with Crippen LogP contribution in [-0.2, 0) is 11.2 Å². The number of methoxy groups -OCH3 is 1. The highest BCUT2D eigenvalue weighted by atomic mass is 32.1. The minimum absolute atomic E-state index is 0.0849. The van der Waals surface area contributed by atoms with Gasteiger partial charge in [-0.2, -0.15) is 0 Å². The topological polar surface area (TPSA) is 69.7 Å². The van der Waals surface area contributed by atoms with Gasteiger partial charge < -0.3 is 19.5 Å². The molecule has 0 aliphatic rings. The Labute approximate surface area is 174 Å². The summed E-state index contributed by atoms with van der Waals surface area (Å²) in [5.74, 6) is 2.23. The maximum absolute atomic E-state index is 12.2. The highest BCUT2D eigenvalue weighted by molar-refractivity contribution is 7.13. The Hall–Kier alpha value is -3.06. The third kappa shape index (κ3) is 5.96. The lowest BCUT2D eigenvalue weighted by atomic mass is 10.2. The summed E-state index contributed by atoms with van der Waals surface area (Å²) in [6, 6.07) is 15.1. The zero-order valence-corrected chi connectivity index (χ0v) is 17.3. The van der Waals surface area contributed by atoms with E-state index < -0.39 is 0 Å². The molecule has 1 heterocycles. The average molecular weight is 413 g/mol. The first-order valence-electron chi connectivity index (χ1n) is 9.39. The number of para-hydroxylation sites is 1. The largest absolute Gasteiger partial charge is 0.497 e. The fourth-order valence-corrected chi connectivity index (χ4v) is 3.54. The van der Waals surface area contributed by atoms with Crippen LogP contribution in [0, 0.1) is 0 Å². The zero-order valence-electron chi connectivity index (χ0n) is 16.5. The van der Waals surface area contributed by atoms with Crippen molar-refractivity contribution in [2.45, 2.75) is 13.3 Å². The van der Waals surface area contributed by atoms with Gasteiger partial charge in [0.15, 0.2) is 0 Å². The van der Waals surface area contributed by atoms with Crippen molar-refractivity contribution in [3.8, 4) is 27.8 Å². The highest BCUT2D eigenvalue weighted by Gasteiger charge is 2.12. The van der Waals surface area contributed by atoms with Crippen LogP contribution in [0.25, 0.3) is 10.6 Å². The van der Waals surface area contributed by atoms with Crippen molar-refractivity contribution in [2.75, 3.05) is 26.9 Å². The van der Waals surface area contributed by atoms with Crippen LogP contribution < -0.4 is 19.5 Å². The van der Waals surface area contributed by atoms with Crippen LogP contribution in [0.15, 0.2) is 53.9 Å². The summed E-state index contributed by atoms with van der Waals surface area (Å²) in [5, 5.41) is 5.61. The number of rotatable bonds is 10. The number of hydrogen-bond donors (Lipinski definition) is 1. The van der Waals surface area contributed by atoms with E-state index in [-0.39, 0.29) is 12.3 Å². The minimum atomic E-state index is -0.0849. The summed E-state index contributed by atoms with van der Waals surface area (Å²) < 4.78 is 16.4. The molecule has 29 heavy (non-hydrogen) atoms. The SMILES string of the molecule is CCOc1ccccc1-c1nc(CC(=O)NCCOc2ccc(OC)cc2)cs1. The molecule has 152 valence electrons. The second kappa shape index (κ2) is 10.5. The van der Waals surface area contributed by atoms with Crippen molar-refractivity contribution >= 4 is 17.2 Å². The Morgan fingerprint density at radius 1 is 1.07 bits per heavy atom. The van der Waals surface area contributed by atoms with Gasteiger partial charge in [-0.25, -0.2) is 4.98 Å². The molecule has 0 saturated heterocycles. The number of thiazole rings is 1. The Kier molecular flexibility index (Phi) is 7.47. The summed E-state index contributed by atoms with van der Waals surface area (Å²) in [6.45, 7) is 3.36. The van der Waals surface area contributed by atoms with Crippen LogP contribution in [0.5, 0.6) is 17.2 Å². The lowest BCUT2D eigenvalue weighted by Crippen LogP contribution is -2.29. The summed E-state index contributed by atoms with van der Waals surface area (Å²) in [7, 11) is 1.62. The second-order valence-corrected chi connectivity index (χ2v) is 6.98. The van der Waals surface area contributed by atoms with Crippen LogP contribution in [0.4, 0.5) is 0 Å². The number of nitrogens with zero attached hydrogens (tertiary/aromatic N) is 1. The van der Waals surface area contributed by atoms with Crippen LogP contribution >= 0.6 is 11.3 Å². The van der Waals surface area contributed by atoms with Gasteiger partial charge in [0.25, 0.3) is 0 Å². The molecule has 1 aromatic heterocycles. The van der Waals surface area contributed by atoms with Gasteiger partial charge >= 0.3 is 0 Å². The van der Waals surface area contributed by atoms with Crippen molar-refractivity contribution < 1.29 is 19.0 Å². The Morgan fingerprint density at radius 3 is 2.59 bits per heavy atom. The molecule has 0 unspecified atom stereocenters. The lowest BCUT2D eigenvalue weighted by Gasteiger charge is -2.08. The highest BCUT2D eigenvalue weighted by Crippen LogP contribution is 2.32. The van der Waals surface area contributed by atoms with E-state index in [9.17, 15) is 4.79 Å². The molecule has 0 aliphatic carbocycles. The molecule has 6 nitrogen and oxygen atoms in total. The predicted octanol–water partition coefficient (Wildman–Crippen LogP) is 3.96. The normalized spacial score (nSPS) is 10.4. The molecular formula is C22H24N2O4S. The number of carbonyl (C=O) groups is 1. The summed E-state index contributed by atoms with van der Waals surface area (Å²) in [4.78, 5) is 16.8. The maximum atomic E-state index is 12.2. The number of ether oxygens (including phenoxy) is 3. The van der Waals surface area contributed by atoms with Crippen molar-refractivity contribution in [2.24, 2.45) is 0 Å². The first-order valence-corrected chi connectivity index (χ1v) is 10.3. The third-order valence-electron chi connectivity index (χ3n) is 4.06. The number of nitrogens with one attached hydrogen (secondary N) is 1. The van der Waals surface area contributed by atoms with Gasteiger partial charge in [0.1, 0.15) is 28.9 Å². The smallest absolute Gasteiger partial charge is 0.226 e. The fraction of sp³-hybridized carbons (Fsp3) is 0.273. The van der Waals surface area contributed by atoms with E-state index in [1.54, 1.807) is 7.11 Å². The third-order valence-corrected chi connectivity index (χ3v) is 4.99. The Balaban J connectivity index is 1.46. The number of carbonyl (C=O) groups excluding carboxylic acids is 1.